The molecule has 114 valence electrons. The number of rotatable bonds is 5. The Hall–Kier alpha value is -2.40. The van der Waals surface area contributed by atoms with Crippen LogP contribution in [0.15, 0.2) is 59.7 Å². The van der Waals surface area contributed by atoms with Crippen molar-refractivity contribution in [3.63, 3.8) is 0 Å². The minimum absolute atomic E-state index is 0.169. The quantitative estimate of drug-likeness (QED) is 0.501. The topological polar surface area (TPSA) is 45.6 Å². The highest BCUT2D eigenvalue weighted by atomic mass is 32.1. The molecule has 0 atom stereocenters. The van der Waals surface area contributed by atoms with Crippen LogP contribution in [0.25, 0.3) is 0 Å². The minimum Gasteiger partial charge on any atom is -0.491 e. The van der Waals surface area contributed by atoms with E-state index in [1.165, 1.54) is 0 Å². The van der Waals surface area contributed by atoms with Crippen molar-refractivity contribution in [1.29, 1.82) is 0 Å². The summed E-state index contributed by atoms with van der Waals surface area (Å²) in [6, 6.07) is 17.4. The van der Waals surface area contributed by atoms with Crippen LogP contribution in [0.3, 0.4) is 0 Å². The summed E-state index contributed by atoms with van der Waals surface area (Å²) in [6.45, 7) is 4.00. The summed E-state index contributed by atoms with van der Waals surface area (Å²) < 4.78 is 5.59. The van der Waals surface area contributed by atoms with Crippen molar-refractivity contribution >= 4 is 29.2 Å². The third-order valence-electron chi connectivity index (χ3n) is 2.66. The molecule has 4 nitrogen and oxygen atoms in total. The molecular formula is C17H19N3OS. The van der Waals surface area contributed by atoms with Crippen LogP contribution < -0.4 is 15.5 Å². The maximum atomic E-state index is 5.59. The number of benzene rings is 2. The van der Waals surface area contributed by atoms with E-state index in [1.54, 1.807) is 6.21 Å². The van der Waals surface area contributed by atoms with E-state index in [4.69, 9.17) is 17.0 Å². The van der Waals surface area contributed by atoms with E-state index < -0.39 is 0 Å². The number of hydrazone groups is 1. The van der Waals surface area contributed by atoms with Crippen molar-refractivity contribution in [3.8, 4) is 5.75 Å². The van der Waals surface area contributed by atoms with Gasteiger partial charge in [-0.2, -0.15) is 5.10 Å². The molecule has 0 aliphatic rings. The molecule has 2 aromatic carbocycles. The van der Waals surface area contributed by atoms with E-state index in [-0.39, 0.29) is 6.10 Å². The van der Waals surface area contributed by atoms with Gasteiger partial charge in [-0.05, 0) is 68.0 Å². The van der Waals surface area contributed by atoms with Gasteiger partial charge in [0.25, 0.3) is 0 Å². The SMILES string of the molecule is CC(C)Oc1ccc(/C=N/NC(=S)Nc2ccccc2)cc1. The van der Waals surface area contributed by atoms with Crippen molar-refractivity contribution in [2.24, 2.45) is 5.10 Å². The summed E-state index contributed by atoms with van der Waals surface area (Å²) in [5.41, 5.74) is 4.67. The Morgan fingerprint density at radius 3 is 2.41 bits per heavy atom. The average Bonchev–Trinajstić information content (AvgIpc) is 2.49. The van der Waals surface area contributed by atoms with Gasteiger partial charge in [-0.25, -0.2) is 0 Å². The van der Waals surface area contributed by atoms with Gasteiger partial charge >= 0.3 is 0 Å². The first-order chi connectivity index (χ1) is 10.6. The van der Waals surface area contributed by atoms with Crippen molar-refractivity contribution in [1.82, 2.24) is 5.43 Å². The van der Waals surface area contributed by atoms with E-state index in [9.17, 15) is 0 Å². The molecular weight excluding hydrogens is 294 g/mol. The number of anilines is 1. The highest BCUT2D eigenvalue weighted by molar-refractivity contribution is 7.80. The minimum atomic E-state index is 0.169. The zero-order valence-electron chi connectivity index (χ0n) is 12.6. The molecule has 2 rings (SSSR count). The molecule has 0 aromatic heterocycles. The van der Waals surface area contributed by atoms with Gasteiger partial charge in [-0.3, -0.25) is 5.43 Å². The average molecular weight is 313 g/mol. The summed E-state index contributed by atoms with van der Waals surface area (Å²) in [5, 5.41) is 7.60. The number of ether oxygens (including phenoxy) is 1. The molecule has 0 aliphatic carbocycles. The molecule has 0 fully saturated rings. The monoisotopic (exact) mass is 313 g/mol. The first-order valence-corrected chi connectivity index (χ1v) is 7.46. The Kier molecular flexibility index (Phi) is 5.91. The Balaban J connectivity index is 1.83. The molecule has 22 heavy (non-hydrogen) atoms. The molecule has 0 heterocycles. The van der Waals surface area contributed by atoms with Gasteiger partial charge in [0, 0.05) is 5.69 Å². The molecule has 2 aromatic rings. The molecule has 0 saturated heterocycles. The fourth-order valence-corrected chi connectivity index (χ4v) is 1.92. The first-order valence-electron chi connectivity index (χ1n) is 7.05. The molecule has 0 amide bonds. The maximum Gasteiger partial charge on any atom is 0.191 e. The lowest BCUT2D eigenvalue weighted by Crippen LogP contribution is -2.23. The summed E-state index contributed by atoms with van der Waals surface area (Å²) >= 11 is 5.16. The number of nitrogens with zero attached hydrogens (tertiary/aromatic N) is 1. The van der Waals surface area contributed by atoms with Gasteiger partial charge in [0.05, 0.1) is 12.3 Å². The standard InChI is InChI=1S/C17H19N3OS/c1-13(2)21-16-10-8-14(9-11-16)12-18-20-17(22)19-15-6-4-3-5-7-15/h3-13H,1-2H3,(H2,19,20,22)/b18-12+. The van der Waals surface area contributed by atoms with E-state index in [0.29, 0.717) is 5.11 Å². The summed E-state index contributed by atoms with van der Waals surface area (Å²) in [7, 11) is 0. The van der Waals surface area contributed by atoms with Crippen LogP contribution in [0, 0.1) is 0 Å². The molecule has 2 N–H and O–H groups in total. The Morgan fingerprint density at radius 2 is 1.77 bits per heavy atom. The predicted octanol–water partition coefficient (Wildman–Crippen LogP) is 3.79. The number of hydrogen-bond acceptors (Lipinski definition) is 3. The van der Waals surface area contributed by atoms with Gasteiger partial charge in [0.15, 0.2) is 5.11 Å². The molecule has 0 spiro atoms. The number of para-hydroxylation sites is 1. The summed E-state index contributed by atoms with van der Waals surface area (Å²) in [4.78, 5) is 0. The van der Waals surface area contributed by atoms with Gasteiger partial charge in [0.1, 0.15) is 5.75 Å². The molecule has 0 aliphatic heterocycles. The van der Waals surface area contributed by atoms with Crippen LogP contribution in [0.1, 0.15) is 19.4 Å². The Labute approximate surface area is 136 Å². The van der Waals surface area contributed by atoms with E-state index in [2.05, 4.69) is 15.8 Å². The third kappa shape index (κ3) is 5.54. The van der Waals surface area contributed by atoms with Crippen LogP contribution in [-0.2, 0) is 0 Å². The summed E-state index contributed by atoms with van der Waals surface area (Å²) in [6.07, 6.45) is 1.88. The largest absolute Gasteiger partial charge is 0.491 e. The lowest BCUT2D eigenvalue weighted by Gasteiger charge is -2.09. The smallest absolute Gasteiger partial charge is 0.191 e. The van der Waals surface area contributed by atoms with Gasteiger partial charge in [-0.1, -0.05) is 18.2 Å². The van der Waals surface area contributed by atoms with Crippen molar-refractivity contribution in [2.45, 2.75) is 20.0 Å². The zero-order chi connectivity index (χ0) is 15.8. The third-order valence-corrected chi connectivity index (χ3v) is 2.86. The second kappa shape index (κ2) is 8.14. The van der Waals surface area contributed by atoms with Crippen LogP contribution >= 0.6 is 12.2 Å². The van der Waals surface area contributed by atoms with E-state index in [1.807, 2.05) is 68.4 Å². The normalized spacial score (nSPS) is 10.7. The first kappa shape index (κ1) is 16.0. The lowest BCUT2D eigenvalue weighted by atomic mass is 10.2. The van der Waals surface area contributed by atoms with Crippen LogP contribution in [0.4, 0.5) is 5.69 Å². The highest BCUT2D eigenvalue weighted by Crippen LogP contribution is 2.12. The lowest BCUT2D eigenvalue weighted by molar-refractivity contribution is 0.242. The van der Waals surface area contributed by atoms with E-state index >= 15 is 0 Å². The fraction of sp³-hybridized carbons (Fsp3) is 0.176. The van der Waals surface area contributed by atoms with Crippen molar-refractivity contribution < 1.29 is 4.74 Å². The van der Waals surface area contributed by atoms with Crippen LogP contribution in [-0.4, -0.2) is 17.4 Å². The summed E-state index contributed by atoms with van der Waals surface area (Å²) in [5.74, 6) is 0.848. The number of hydrogen-bond donors (Lipinski definition) is 2. The van der Waals surface area contributed by atoms with Crippen LogP contribution in [0.2, 0.25) is 0 Å². The number of thiocarbonyl (C=S) groups is 1. The van der Waals surface area contributed by atoms with E-state index in [0.717, 1.165) is 17.0 Å². The second-order valence-corrected chi connectivity index (χ2v) is 5.33. The molecule has 5 heteroatoms. The van der Waals surface area contributed by atoms with Crippen LogP contribution in [0.5, 0.6) is 5.75 Å². The highest BCUT2D eigenvalue weighted by Gasteiger charge is 1.97. The van der Waals surface area contributed by atoms with Gasteiger partial charge in [0.2, 0.25) is 0 Å². The zero-order valence-corrected chi connectivity index (χ0v) is 13.4. The van der Waals surface area contributed by atoms with Crippen molar-refractivity contribution in [2.75, 3.05) is 5.32 Å². The maximum absolute atomic E-state index is 5.59. The second-order valence-electron chi connectivity index (χ2n) is 4.93. The Bertz CT molecular complexity index is 624. The predicted molar refractivity (Wildman–Crippen MR) is 95.6 cm³/mol. The number of nitrogens with one attached hydrogen (secondary N) is 2. The Morgan fingerprint density at radius 1 is 1.09 bits per heavy atom. The molecule has 0 saturated carbocycles. The van der Waals surface area contributed by atoms with Gasteiger partial charge in [-0.15, -0.1) is 0 Å². The van der Waals surface area contributed by atoms with Crippen molar-refractivity contribution in [3.05, 3.63) is 60.2 Å². The molecule has 0 unspecified atom stereocenters. The molecule has 0 radical (unpaired) electrons. The van der Waals surface area contributed by atoms with Gasteiger partial charge < -0.3 is 10.1 Å². The fourth-order valence-electron chi connectivity index (χ4n) is 1.75. The molecule has 0 bridgehead atoms.